The van der Waals surface area contributed by atoms with Gasteiger partial charge in [-0.15, -0.1) is 0 Å². The van der Waals surface area contributed by atoms with Crippen LogP contribution in [-0.2, 0) is 10.2 Å². The number of likely N-dealkylation sites (N-methyl/N-ethyl adjacent to an activating group) is 1. The van der Waals surface area contributed by atoms with E-state index in [-0.39, 0.29) is 16.9 Å². The van der Waals surface area contributed by atoms with E-state index in [2.05, 4.69) is 35.9 Å². The van der Waals surface area contributed by atoms with Gasteiger partial charge in [-0.05, 0) is 29.3 Å². The molecule has 0 N–H and O–H groups in total. The smallest absolute Gasteiger partial charge is 0.270 e. The number of benzene rings is 2. The number of hydrogen-bond donors (Lipinski definition) is 0. The van der Waals surface area contributed by atoms with Crippen molar-refractivity contribution in [3.63, 3.8) is 0 Å². The minimum Gasteiger partial charge on any atom is -0.346 e. The van der Waals surface area contributed by atoms with E-state index in [0.717, 1.165) is 11.4 Å². The number of non-ortho nitro benzene ring substituents is 1. The summed E-state index contributed by atoms with van der Waals surface area (Å²) in [4.78, 5) is 29.6. The SMILES string of the molecule is CN1/C(=C\N=C2C(=O)C=Cc3cc([N+](=O)[O-])ccc32)C(C)(C)c2ccccc21. The van der Waals surface area contributed by atoms with Crippen LogP contribution in [0.2, 0.25) is 0 Å². The Hall–Kier alpha value is -3.54. The number of allylic oxidation sites excluding steroid dienone is 2. The lowest BCUT2D eigenvalue weighted by molar-refractivity contribution is -0.384. The second-order valence-electron chi connectivity index (χ2n) is 7.42. The van der Waals surface area contributed by atoms with Crippen molar-refractivity contribution in [3.8, 4) is 0 Å². The molecule has 2 aromatic carbocycles. The zero-order valence-electron chi connectivity index (χ0n) is 15.8. The first-order chi connectivity index (χ1) is 13.3. The highest BCUT2D eigenvalue weighted by Gasteiger charge is 2.38. The molecule has 0 aromatic heterocycles. The summed E-state index contributed by atoms with van der Waals surface area (Å²) in [5, 5.41) is 11.0. The third kappa shape index (κ3) is 2.65. The van der Waals surface area contributed by atoms with Crippen LogP contribution in [0.1, 0.15) is 30.5 Å². The molecule has 0 bridgehead atoms. The second-order valence-corrected chi connectivity index (χ2v) is 7.42. The first-order valence-electron chi connectivity index (χ1n) is 8.93. The zero-order chi connectivity index (χ0) is 20.1. The average Bonchev–Trinajstić information content (AvgIpc) is 2.87. The Kier molecular flexibility index (Phi) is 4.00. The normalized spacial score (nSPS) is 19.8. The lowest BCUT2D eigenvalue weighted by Crippen LogP contribution is -2.23. The molecule has 0 saturated carbocycles. The van der Waals surface area contributed by atoms with Gasteiger partial charge in [-0.2, -0.15) is 0 Å². The van der Waals surface area contributed by atoms with E-state index in [9.17, 15) is 14.9 Å². The molecule has 28 heavy (non-hydrogen) atoms. The lowest BCUT2D eigenvalue weighted by atomic mass is 9.84. The first-order valence-corrected chi connectivity index (χ1v) is 8.93. The number of nitro groups is 1. The predicted molar refractivity (Wildman–Crippen MR) is 110 cm³/mol. The van der Waals surface area contributed by atoms with Crippen LogP contribution in [0.3, 0.4) is 0 Å². The summed E-state index contributed by atoms with van der Waals surface area (Å²) in [6, 6.07) is 12.6. The van der Waals surface area contributed by atoms with Crippen molar-refractivity contribution in [2.24, 2.45) is 4.99 Å². The van der Waals surface area contributed by atoms with Gasteiger partial charge in [0.1, 0.15) is 5.71 Å². The van der Waals surface area contributed by atoms with Gasteiger partial charge in [-0.25, -0.2) is 0 Å². The molecule has 0 atom stereocenters. The van der Waals surface area contributed by atoms with Crippen molar-refractivity contribution < 1.29 is 9.72 Å². The van der Waals surface area contributed by atoms with Crippen molar-refractivity contribution in [1.29, 1.82) is 0 Å². The van der Waals surface area contributed by atoms with Crippen LogP contribution in [0.15, 0.2) is 65.4 Å². The van der Waals surface area contributed by atoms with E-state index < -0.39 is 4.92 Å². The molecule has 4 rings (SSSR count). The highest BCUT2D eigenvalue weighted by Crippen LogP contribution is 2.46. The maximum atomic E-state index is 12.4. The first kappa shape index (κ1) is 17.9. The average molecular weight is 373 g/mol. The third-order valence-electron chi connectivity index (χ3n) is 5.41. The third-order valence-corrected chi connectivity index (χ3v) is 5.41. The van der Waals surface area contributed by atoms with Crippen LogP contribution in [0.5, 0.6) is 0 Å². The van der Waals surface area contributed by atoms with Gasteiger partial charge >= 0.3 is 0 Å². The highest BCUT2D eigenvalue weighted by molar-refractivity contribution is 6.52. The van der Waals surface area contributed by atoms with E-state index in [1.54, 1.807) is 18.3 Å². The Morgan fingerprint density at radius 3 is 2.61 bits per heavy atom. The van der Waals surface area contributed by atoms with Crippen molar-refractivity contribution >= 4 is 28.9 Å². The van der Waals surface area contributed by atoms with Crippen LogP contribution in [0, 0.1) is 10.1 Å². The Labute approximate surface area is 162 Å². The summed E-state index contributed by atoms with van der Waals surface area (Å²) in [5.74, 6) is -0.214. The van der Waals surface area contributed by atoms with Crippen molar-refractivity contribution in [3.05, 3.63) is 87.2 Å². The molecule has 2 aliphatic rings. The molecule has 1 heterocycles. The molecule has 0 spiro atoms. The van der Waals surface area contributed by atoms with Crippen LogP contribution in [-0.4, -0.2) is 23.5 Å². The molecule has 1 aliphatic heterocycles. The summed E-state index contributed by atoms with van der Waals surface area (Å²) in [5.41, 5.74) is 4.55. The van der Waals surface area contributed by atoms with Crippen LogP contribution in [0.4, 0.5) is 11.4 Å². The molecule has 2 aromatic rings. The summed E-state index contributed by atoms with van der Waals surface area (Å²) in [7, 11) is 1.99. The number of para-hydroxylation sites is 1. The van der Waals surface area contributed by atoms with Crippen molar-refractivity contribution in [2.45, 2.75) is 19.3 Å². The molecule has 0 amide bonds. The highest BCUT2D eigenvalue weighted by atomic mass is 16.6. The monoisotopic (exact) mass is 373 g/mol. The van der Waals surface area contributed by atoms with E-state index in [4.69, 9.17) is 0 Å². The van der Waals surface area contributed by atoms with Crippen LogP contribution < -0.4 is 4.90 Å². The molecule has 0 fully saturated rings. The van der Waals surface area contributed by atoms with E-state index in [1.807, 2.05) is 19.2 Å². The molecule has 1 aliphatic carbocycles. The van der Waals surface area contributed by atoms with E-state index in [1.165, 1.54) is 23.8 Å². The van der Waals surface area contributed by atoms with Gasteiger partial charge in [0.05, 0.1) is 4.92 Å². The fourth-order valence-electron chi connectivity index (χ4n) is 3.88. The molecular formula is C22H19N3O3. The van der Waals surface area contributed by atoms with E-state index >= 15 is 0 Å². The second kappa shape index (κ2) is 6.27. The number of rotatable bonds is 2. The summed E-state index contributed by atoms with van der Waals surface area (Å²) in [6.45, 7) is 4.25. The number of carbonyl (C=O) groups is 1. The quantitative estimate of drug-likeness (QED) is 0.582. The number of aliphatic imine (C=N–C) groups is 1. The Bertz CT molecular complexity index is 1110. The summed E-state index contributed by atoms with van der Waals surface area (Å²) >= 11 is 0. The lowest BCUT2D eigenvalue weighted by Gasteiger charge is -2.23. The molecule has 140 valence electrons. The van der Waals surface area contributed by atoms with Gasteiger partial charge in [0.15, 0.2) is 0 Å². The summed E-state index contributed by atoms with van der Waals surface area (Å²) < 4.78 is 0. The Balaban J connectivity index is 1.79. The van der Waals surface area contributed by atoms with Gasteiger partial charge in [-0.1, -0.05) is 38.1 Å². The minimum absolute atomic E-state index is 0.0115. The number of carbonyl (C=O) groups excluding carboxylic acids is 1. The van der Waals surface area contributed by atoms with E-state index in [0.29, 0.717) is 16.8 Å². The topological polar surface area (TPSA) is 75.8 Å². The predicted octanol–water partition coefficient (Wildman–Crippen LogP) is 4.25. The summed E-state index contributed by atoms with van der Waals surface area (Å²) in [6.07, 6.45) is 4.73. The molecule has 6 nitrogen and oxygen atoms in total. The van der Waals surface area contributed by atoms with Gasteiger partial charge < -0.3 is 4.90 Å². The number of nitro benzene ring substituents is 1. The van der Waals surface area contributed by atoms with Crippen molar-refractivity contribution in [2.75, 3.05) is 11.9 Å². The molecule has 0 saturated heterocycles. The maximum absolute atomic E-state index is 12.4. The van der Waals surface area contributed by atoms with Gasteiger partial charge in [0.25, 0.3) is 5.69 Å². The number of anilines is 1. The Morgan fingerprint density at radius 2 is 1.89 bits per heavy atom. The largest absolute Gasteiger partial charge is 0.346 e. The van der Waals surface area contributed by atoms with Gasteiger partial charge in [0, 0.05) is 47.7 Å². The molecule has 6 heteroatoms. The van der Waals surface area contributed by atoms with Gasteiger partial charge in [-0.3, -0.25) is 19.9 Å². The molecule has 0 radical (unpaired) electrons. The fourth-order valence-corrected chi connectivity index (χ4v) is 3.88. The molecular weight excluding hydrogens is 354 g/mol. The zero-order valence-corrected chi connectivity index (χ0v) is 15.8. The maximum Gasteiger partial charge on any atom is 0.270 e. The molecule has 0 unspecified atom stereocenters. The van der Waals surface area contributed by atoms with Crippen molar-refractivity contribution in [1.82, 2.24) is 0 Å². The Morgan fingerprint density at radius 1 is 1.14 bits per heavy atom. The van der Waals surface area contributed by atoms with Crippen LogP contribution in [0.25, 0.3) is 6.08 Å². The number of ketones is 1. The number of fused-ring (bicyclic) bond motifs is 2. The number of nitrogens with zero attached hydrogens (tertiary/aromatic N) is 3. The van der Waals surface area contributed by atoms with Crippen LogP contribution >= 0.6 is 0 Å². The minimum atomic E-state index is -0.448. The van der Waals surface area contributed by atoms with Gasteiger partial charge in [0.2, 0.25) is 5.78 Å². The fraction of sp³-hybridized carbons (Fsp3) is 0.182. The standard InChI is InChI=1S/C22H19N3O3/c1-22(2)17-6-4-5-7-18(17)24(3)20(22)13-23-21-16-10-9-15(25(27)28)12-14(16)8-11-19(21)26/h4-13H,1-3H3/b20-13-,23-21?. The number of hydrogen-bond acceptors (Lipinski definition) is 5.